The van der Waals surface area contributed by atoms with Crippen molar-refractivity contribution in [3.05, 3.63) is 0 Å². The Hall–Kier alpha value is -0.120. The molecule has 1 N–H and O–H groups in total. The minimum atomic E-state index is 0.910. The van der Waals surface area contributed by atoms with Crippen LogP contribution in [0.1, 0.15) is 39.0 Å². The van der Waals surface area contributed by atoms with Crippen molar-refractivity contribution in [3.63, 3.8) is 0 Å². The van der Waals surface area contributed by atoms with E-state index in [1.165, 1.54) is 38.9 Å². The van der Waals surface area contributed by atoms with E-state index in [-0.39, 0.29) is 0 Å². The predicted octanol–water partition coefficient (Wildman–Crippen LogP) is 1.88. The quantitative estimate of drug-likeness (QED) is 0.578. The van der Waals surface area contributed by atoms with Gasteiger partial charge in [-0.3, -0.25) is 0 Å². The van der Waals surface area contributed by atoms with Crippen molar-refractivity contribution in [2.24, 2.45) is 0 Å². The molecule has 16 heavy (non-hydrogen) atoms. The molecule has 3 heteroatoms. The average molecular weight is 228 g/mol. The van der Waals surface area contributed by atoms with Gasteiger partial charge in [0.2, 0.25) is 0 Å². The van der Waals surface area contributed by atoms with Crippen LogP contribution in [0.15, 0.2) is 0 Å². The van der Waals surface area contributed by atoms with Gasteiger partial charge in [0.25, 0.3) is 0 Å². The summed E-state index contributed by atoms with van der Waals surface area (Å²) in [6.07, 6.45) is 6.37. The number of hydrogen-bond acceptors (Lipinski definition) is 3. The van der Waals surface area contributed by atoms with Crippen molar-refractivity contribution < 1.29 is 4.74 Å². The Morgan fingerprint density at radius 2 is 1.81 bits per heavy atom. The monoisotopic (exact) mass is 228 g/mol. The van der Waals surface area contributed by atoms with Crippen LogP contribution in [0.2, 0.25) is 0 Å². The molecule has 0 radical (unpaired) electrons. The third kappa shape index (κ3) is 7.20. The number of likely N-dealkylation sites (tertiary alicyclic amines) is 1. The maximum Gasteiger partial charge on any atom is 0.0478 e. The zero-order valence-corrected chi connectivity index (χ0v) is 10.8. The first kappa shape index (κ1) is 13.9. The molecule has 0 aliphatic carbocycles. The minimum absolute atomic E-state index is 0.910. The summed E-state index contributed by atoms with van der Waals surface area (Å²) < 4.78 is 5.42. The summed E-state index contributed by atoms with van der Waals surface area (Å²) in [5, 5.41) is 3.48. The number of hydrogen-bond donors (Lipinski definition) is 1. The Morgan fingerprint density at radius 1 is 1.06 bits per heavy atom. The second kappa shape index (κ2) is 10.1. The van der Waals surface area contributed by atoms with Gasteiger partial charge in [0.15, 0.2) is 0 Å². The van der Waals surface area contributed by atoms with E-state index in [2.05, 4.69) is 17.1 Å². The lowest BCUT2D eigenvalue weighted by Crippen LogP contribution is -2.25. The molecule has 0 amide bonds. The molecule has 0 bridgehead atoms. The SMILES string of the molecule is CCCOCCCNCCCN1CCCC1. The van der Waals surface area contributed by atoms with E-state index in [1.807, 2.05) is 0 Å². The fraction of sp³-hybridized carbons (Fsp3) is 1.00. The second-order valence-electron chi connectivity index (χ2n) is 4.62. The van der Waals surface area contributed by atoms with Crippen LogP contribution in [0.25, 0.3) is 0 Å². The number of nitrogens with one attached hydrogen (secondary N) is 1. The van der Waals surface area contributed by atoms with Crippen molar-refractivity contribution in [2.75, 3.05) is 45.9 Å². The molecule has 1 aliphatic rings. The second-order valence-corrected chi connectivity index (χ2v) is 4.62. The third-order valence-electron chi connectivity index (χ3n) is 3.02. The molecular formula is C13H28N2O. The third-order valence-corrected chi connectivity index (χ3v) is 3.02. The molecule has 1 heterocycles. The molecule has 1 rings (SSSR count). The lowest BCUT2D eigenvalue weighted by Gasteiger charge is -2.14. The highest BCUT2D eigenvalue weighted by atomic mass is 16.5. The molecule has 0 atom stereocenters. The molecule has 0 unspecified atom stereocenters. The first-order valence-corrected chi connectivity index (χ1v) is 6.94. The first-order chi connectivity index (χ1) is 7.93. The average Bonchev–Trinajstić information content (AvgIpc) is 2.80. The Kier molecular flexibility index (Phi) is 8.77. The van der Waals surface area contributed by atoms with Crippen molar-refractivity contribution in [1.82, 2.24) is 10.2 Å². The predicted molar refractivity (Wildman–Crippen MR) is 68.9 cm³/mol. The van der Waals surface area contributed by atoms with Gasteiger partial charge < -0.3 is 15.0 Å². The van der Waals surface area contributed by atoms with Crippen molar-refractivity contribution in [1.29, 1.82) is 0 Å². The van der Waals surface area contributed by atoms with Gasteiger partial charge in [0, 0.05) is 13.2 Å². The fourth-order valence-corrected chi connectivity index (χ4v) is 2.10. The van der Waals surface area contributed by atoms with Crippen LogP contribution >= 0.6 is 0 Å². The zero-order chi connectivity index (χ0) is 11.5. The molecule has 96 valence electrons. The molecular weight excluding hydrogens is 200 g/mol. The summed E-state index contributed by atoms with van der Waals surface area (Å²) in [5.41, 5.74) is 0. The lowest BCUT2D eigenvalue weighted by molar-refractivity contribution is 0.132. The van der Waals surface area contributed by atoms with Crippen molar-refractivity contribution in [2.45, 2.75) is 39.0 Å². The summed E-state index contributed by atoms with van der Waals surface area (Å²) >= 11 is 0. The highest BCUT2D eigenvalue weighted by Crippen LogP contribution is 2.06. The van der Waals surface area contributed by atoms with Crippen molar-refractivity contribution >= 4 is 0 Å². The van der Waals surface area contributed by atoms with Crippen LogP contribution in [0, 0.1) is 0 Å². The van der Waals surface area contributed by atoms with E-state index in [9.17, 15) is 0 Å². The summed E-state index contributed by atoms with van der Waals surface area (Å²) in [5.74, 6) is 0. The van der Waals surface area contributed by atoms with Gasteiger partial charge in [-0.2, -0.15) is 0 Å². The summed E-state index contributed by atoms with van der Waals surface area (Å²) in [6, 6.07) is 0. The minimum Gasteiger partial charge on any atom is -0.381 e. The molecule has 1 aliphatic heterocycles. The van der Waals surface area contributed by atoms with Gasteiger partial charge in [-0.05, 0) is 64.8 Å². The molecule has 0 aromatic heterocycles. The van der Waals surface area contributed by atoms with Gasteiger partial charge in [-0.15, -0.1) is 0 Å². The van der Waals surface area contributed by atoms with Crippen LogP contribution in [0.5, 0.6) is 0 Å². The van der Waals surface area contributed by atoms with E-state index in [0.717, 1.165) is 39.1 Å². The van der Waals surface area contributed by atoms with E-state index in [4.69, 9.17) is 4.74 Å². The molecule has 0 aromatic rings. The fourth-order valence-electron chi connectivity index (χ4n) is 2.10. The van der Waals surface area contributed by atoms with E-state index < -0.39 is 0 Å². The Morgan fingerprint density at radius 3 is 2.56 bits per heavy atom. The highest BCUT2D eigenvalue weighted by molar-refractivity contribution is 4.66. The maximum atomic E-state index is 5.42. The molecule has 1 saturated heterocycles. The number of rotatable bonds is 10. The Labute approximate surface area is 101 Å². The van der Waals surface area contributed by atoms with Crippen LogP contribution in [-0.2, 0) is 4.74 Å². The largest absolute Gasteiger partial charge is 0.381 e. The molecule has 3 nitrogen and oxygen atoms in total. The topological polar surface area (TPSA) is 24.5 Å². The van der Waals surface area contributed by atoms with Gasteiger partial charge in [0.1, 0.15) is 0 Å². The van der Waals surface area contributed by atoms with E-state index >= 15 is 0 Å². The Bertz CT molecular complexity index is 147. The number of nitrogens with zero attached hydrogens (tertiary/aromatic N) is 1. The van der Waals surface area contributed by atoms with E-state index in [0.29, 0.717) is 0 Å². The lowest BCUT2D eigenvalue weighted by atomic mass is 10.3. The molecule has 0 aromatic carbocycles. The summed E-state index contributed by atoms with van der Waals surface area (Å²) in [7, 11) is 0. The first-order valence-electron chi connectivity index (χ1n) is 6.94. The molecule has 0 saturated carbocycles. The van der Waals surface area contributed by atoms with Crippen molar-refractivity contribution in [3.8, 4) is 0 Å². The van der Waals surface area contributed by atoms with Crippen LogP contribution in [-0.4, -0.2) is 50.8 Å². The van der Waals surface area contributed by atoms with Crippen LogP contribution in [0.4, 0.5) is 0 Å². The zero-order valence-electron chi connectivity index (χ0n) is 10.8. The standard InChI is InChI=1S/C13H28N2O/c1-2-12-16-13-6-8-14-7-5-11-15-9-3-4-10-15/h14H,2-13H2,1H3. The highest BCUT2D eigenvalue weighted by Gasteiger charge is 2.09. The maximum absolute atomic E-state index is 5.42. The normalized spacial score (nSPS) is 17.1. The molecule has 0 spiro atoms. The Balaban J connectivity index is 1.71. The molecule has 1 fully saturated rings. The summed E-state index contributed by atoms with van der Waals surface area (Å²) in [4.78, 5) is 2.58. The smallest absolute Gasteiger partial charge is 0.0478 e. The van der Waals surface area contributed by atoms with E-state index in [1.54, 1.807) is 0 Å². The van der Waals surface area contributed by atoms with Crippen LogP contribution in [0.3, 0.4) is 0 Å². The van der Waals surface area contributed by atoms with Crippen LogP contribution < -0.4 is 5.32 Å². The van der Waals surface area contributed by atoms with Gasteiger partial charge in [-0.25, -0.2) is 0 Å². The van der Waals surface area contributed by atoms with Gasteiger partial charge in [0.05, 0.1) is 0 Å². The van der Waals surface area contributed by atoms with Gasteiger partial charge in [-0.1, -0.05) is 6.92 Å². The van der Waals surface area contributed by atoms with Gasteiger partial charge >= 0.3 is 0 Å². The number of ether oxygens (including phenoxy) is 1. The summed E-state index contributed by atoms with van der Waals surface area (Å²) in [6.45, 7) is 10.2.